The number of carbonyl (C=O) groups excluding carboxylic acids is 1. The molecule has 0 fully saturated rings. The van der Waals surface area contributed by atoms with Gasteiger partial charge in [-0.2, -0.15) is 0 Å². The number of para-hydroxylation sites is 2. The molecule has 0 aliphatic carbocycles. The summed E-state index contributed by atoms with van der Waals surface area (Å²) in [6, 6.07) is 33.5. The molecule has 0 bridgehead atoms. The first-order chi connectivity index (χ1) is 19.4. The van der Waals surface area contributed by atoms with E-state index in [1.807, 2.05) is 84.9 Å². The Morgan fingerprint density at radius 3 is 2.20 bits per heavy atom. The summed E-state index contributed by atoms with van der Waals surface area (Å²) in [6.07, 6.45) is 0.912. The summed E-state index contributed by atoms with van der Waals surface area (Å²) in [4.78, 5) is 33.4. The van der Waals surface area contributed by atoms with Gasteiger partial charge in [0.2, 0.25) is 5.91 Å². The monoisotopic (exact) mass is 548 g/mol. The minimum absolute atomic E-state index is 0.113. The van der Waals surface area contributed by atoms with Gasteiger partial charge in [-0.25, -0.2) is 4.98 Å². The standard InChI is InChI=1S/C33H32N4O2S/c1-4-24-14-18-28(19-15-24)37-32(39)29-12-8-9-13-30(29)35-33(37)40-22-31(38)34-25-16-20-27(21-17-25)36(23(2)3)26-10-6-5-7-11-26/h5-21,23H,4,22H2,1-3H3,(H,34,38). The number of aryl methyl sites for hydroxylation is 1. The van der Waals surface area contributed by atoms with Crippen LogP contribution in [0.1, 0.15) is 26.3 Å². The van der Waals surface area contributed by atoms with Crippen molar-refractivity contribution in [2.75, 3.05) is 16.0 Å². The molecule has 202 valence electrons. The van der Waals surface area contributed by atoms with E-state index in [4.69, 9.17) is 4.98 Å². The molecule has 7 heteroatoms. The third-order valence-corrected chi connectivity index (χ3v) is 7.60. The second kappa shape index (κ2) is 12.2. The van der Waals surface area contributed by atoms with Gasteiger partial charge in [0.05, 0.1) is 22.3 Å². The van der Waals surface area contributed by atoms with Gasteiger partial charge in [0, 0.05) is 23.1 Å². The molecule has 6 nitrogen and oxygen atoms in total. The molecule has 0 saturated carbocycles. The maximum atomic E-state index is 13.5. The Hall–Kier alpha value is -4.36. The van der Waals surface area contributed by atoms with Crippen LogP contribution < -0.4 is 15.8 Å². The molecule has 1 N–H and O–H groups in total. The van der Waals surface area contributed by atoms with Gasteiger partial charge in [-0.1, -0.05) is 61.2 Å². The minimum Gasteiger partial charge on any atom is -0.339 e. The van der Waals surface area contributed by atoms with Crippen LogP contribution in [0.4, 0.5) is 17.1 Å². The summed E-state index contributed by atoms with van der Waals surface area (Å²) in [6.45, 7) is 6.40. The number of thioether (sulfide) groups is 1. The number of nitrogens with one attached hydrogen (secondary N) is 1. The fraction of sp³-hybridized carbons (Fsp3) is 0.182. The number of benzene rings is 4. The summed E-state index contributed by atoms with van der Waals surface area (Å²) in [5, 5.41) is 4.00. The molecule has 1 amide bonds. The van der Waals surface area contributed by atoms with Crippen molar-refractivity contribution in [3.8, 4) is 5.69 Å². The van der Waals surface area contributed by atoms with Gasteiger partial charge < -0.3 is 10.2 Å². The minimum atomic E-state index is -0.170. The molecular weight excluding hydrogens is 516 g/mol. The fourth-order valence-electron chi connectivity index (χ4n) is 4.68. The molecule has 5 aromatic rings. The SMILES string of the molecule is CCc1ccc(-n2c(SCC(=O)Nc3ccc(N(c4ccccc4)C(C)C)cc3)nc3ccccc3c2=O)cc1. The van der Waals surface area contributed by atoms with Gasteiger partial charge in [-0.15, -0.1) is 0 Å². The first-order valence-electron chi connectivity index (χ1n) is 13.4. The highest BCUT2D eigenvalue weighted by atomic mass is 32.2. The van der Waals surface area contributed by atoms with Crippen molar-refractivity contribution in [2.24, 2.45) is 0 Å². The van der Waals surface area contributed by atoms with E-state index in [1.54, 1.807) is 10.6 Å². The molecular formula is C33H32N4O2S. The van der Waals surface area contributed by atoms with Crippen LogP contribution in [0, 0.1) is 0 Å². The number of rotatable bonds is 9. The van der Waals surface area contributed by atoms with Crippen LogP contribution in [0.2, 0.25) is 0 Å². The average Bonchev–Trinajstić information content (AvgIpc) is 2.98. The number of nitrogens with zero attached hydrogens (tertiary/aromatic N) is 3. The molecule has 0 unspecified atom stereocenters. The Kier molecular flexibility index (Phi) is 8.31. The van der Waals surface area contributed by atoms with Crippen LogP contribution in [0.15, 0.2) is 113 Å². The number of anilines is 3. The van der Waals surface area contributed by atoms with Gasteiger partial charge in [0.25, 0.3) is 5.56 Å². The number of aromatic nitrogens is 2. The molecule has 0 radical (unpaired) electrons. The Labute approximate surface area is 238 Å². The van der Waals surface area contributed by atoms with Crippen LogP contribution in [-0.2, 0) is 11.2 Å². The van der Waals surface area contributed by atoms with E-state index in [0.717, 1.165) is 23.5 Å². The van der Waals surface area contributed by atoms with Gasteiger partial charge in [-0.05, 0) is 86.5 Å². The second-order valence-electron chi connectivity index (χ2n) is 9.76. The van der Waals surface area contributed by atoms with Crippen molar-refractivity contribution in [1.29, 1.82) is 0 Å². The maximum Gasteiger partial charge on any atom is 0.266 e. The molecule has 5 rings (SSSR count). The lowest BCUT2D eigenvalue weighted by Gasteiger charge is -2.29. The zero-order valence-electron chi connectivity index (χ0n) is 22.9. The lowest BCUT2D eigenvalue weighted by molar-refractivity contribution is -0.113. The second-order valence-corrected chi connectivity index (χ2v) is 10.7. The number of fused-ring (bicyclic) bond motifs is 1. The number of hydrogen-bond acceptors (Lipinski definition) is 5. The van der Waals surface area contributed by atoms with Gasteiger partial charge in [-0.3, -0.25) is 14.2 Å². The highest BCUT2D eigenvalue weighted by molar-refractivity contribution is 7.99. The lowest BCUT2D eigenvalue weighted by Crippen LogP contribution is -2.25. The van der Waals surface area contributed by atoms with E-state index in [2.05, 4.69) is 43.1 Å². The van der Waals surface area contributed by atoms with E-state index in [9.17, 15) is 9.59 Å². The van der Waals surface area contributed by atoms with Crippen molar-refractivity contribution in [1.82, 2.24) is 9.55 Å². The smallest absolute Gasteiger partial charge is 0.266 e. The van der Waals surface area contributed by atoms with E-state index < -0.39 is 0 Å². The average molecular weight is 549 g/mol. The third-order valence-electron chi connectivity index (χ3n) is 6.66. The number of carbonyl (C=O) groups is 1. The predicted octanol–water partition coefficient (Wildman–Crippen LogP) is 7.23. The van der Waals surface area contributed by atoms with E-state index in [-0.39, 0.29) is 23.3 Å². The van der Waals surface area contributed by atoms with Crippen LogP contribution >= 0.6 is 11.8 Å². The maximum absolute atomic E-state index is 13.5. The van der Waals surface area contributed by atoms with Crippen LogP contribution in [0.25, 0.3) is 16.6 Å². The molecule has 0 saturated heterocycles. The summed E-state index contributed by atoms with van der Waals surface area (Å²) in [5.74, 6) is -0.0568. The summed E-state index contributed by atoms with van der Waals surface area (Å²) in [7, 11) is 0. The Bertz CT molecular complexity index is 1660. The zero-order chi connectivity index (χ0) is 28.1. The van der Waals surface area contributed by atoms with Gasteiger partial charge >= 0.3 is 0 Å². The summed E-state index contributed by atoms with van der Waals surface area (Å²) in [5.41, 5.74) is 5.25. The Morgan fingerprint density at radius 1 is 0.875 bits per heavy atom. The highest BCUT2D eigenvalue weighted by Crippen LogP contribution is 2.29. The van der Waals surface area contributed by atoms with Crippen molar-refractivity contribution < 1.29 is 4.79 Å². The van der Waals surface area contributed by atoms with Crippen LogP contribution in [-0.4, -0.2) is 27.3 Å². The molecule has 0 atom stereocenters. The van der Waals surface area contributed by atoms with Crippen molar-refractivity contribution in [3.05, 3.63) is 119 Å². The summed E-state index contributed by atoms with van der Waals surface area (Å²) < 4.78 is 1.60. The molecule has 0 aliphatic heterocycles. The topological polar surface area (TPSA) is 67.2 Å². The number of amides is 1. The van der Waals surface area contributed by atoms with Crippen molar-refractivity contribution in [2.45, 2.75) is 38.4 Å². The molecule has 4 aromatic carbocycles. The number of hydrogen-bond donors (Lipinski definition) is 1. The molecule has 40 heavy (non-hydrogen) atoms. The Balaban J connectivity index is 1.34. The lowest BCUT2D eigenvalue weighted by atomic mass is 10.1. The summed E-state index contributed by atoms with van der Waals surface area (Å²) >= 11 is 1.25. The molecule has 0 spiro atoms. The quantitative estimate of drug-likeness (QED) is 0.156. The van der Waals surface area contributed by atoms with E-state index in [1.165, 1.54) is 17.3 Å². The fourth-order valence-corrected chi connectivity index (χ4v) is 5.50. The van der Waals surface area contributed by atoms with Gasteiger partial charge in [0.1, 0.15) is 0 Å². The first kappa shape index (κ1) is 27.2. The van der Waals surface area contributed by atoms with Crippen molar-refractivity contribution in [3.63, 3.8) is 0 Å². The van der Waals surface area contributed by atoms with Gasteiger partial charge in [0.15, 0.2) is 5.16 Å². The normalized spacial score (nSPS) is 11.1. The molecule has 0 aliphatic rings. The third kappa shape index (κ3) is 5.95. The first-order valence-corrected chi connectivity index (χ1v) is 14.4. The largest absolute Gasteiger partial charge is 0.339 e. The molecule has 1 aromatic heterocycles. The molecule has 1 heterocycles. The predicted molar refractivity (Wildman–Crippen MR) is 166 cm³/mol. The Morgan fingerprint density at radius 2 is 1.52 bits per heavy atom. The van der Waals surface area contributed by atoms with Crippen LogP contribution in [0.3, 0.4) is 0 Å². The zero-order valence-corrected chi connectivity index (χ0v) is 23.7. The van der Waals surface area contributed by atoms with Crippen molar-refractivity contribution >= 4 is 45.6 Å². The highest BCUT2D eigenvalue weighted by Gasteiger charge is 2.16. The van der Waals surface area contributed by atoms with E-state index >= 15 is 0 Å². The van der Waals surface area contributed by atoms with E-state index in [0.29, 0.717) is 21.7 Å². The van der Waals surface area contributed by atoms with Crippen LogP contribution in [0.5, 0.6) is 0 Å².